The van der Waals surface area contributed by atoms with Crippen LogP contribution in [-0.4, -0.2) is 48.2 Å². The van der Waals surface area contributed by atoms with Gasteiger partial charge < -0.3 is 15.0 Å². The summed E-state index contributed by atoms with van der Waals surface area (Å²) in [4.78, 5) is 11.4. The molecule has 1 fully saturated rings. The van der Waals surface area contributed by atoms with Gasteiger partial charge in [-0.3, -0.25) is 0 Å². The summed E-state index contributed by atoms with van der Waals surface area (Å²) in [6, 6.07) is 0. The molecule has 1 aromatic rings. The molecule has 2 heterocycles. The minimum Gasteiger partial charge on any atom is -0.369 e. The van der Waals surface area contributed by atoms with Gasteiger partial charge in [-0.2, -0.15) is 0 Å². The number of rotatable bonds is 3. The molecule has 1 N–H and O–H groups in total. The molecule has 0 bridgehead atoms. The highest BCUT2D eigenvalue weighted by Crippen LogP contribution is 2.24. The van der Waals surface area contributed by atoms with Gasteiger partial charge in [0.1, 0.15) is 11.9 Å². The van der Waals surface area contributed by atoms with Crippen LogP contribution in [0.1, 0.15) is 24.5 Å². The van der Waals surface area contributed by atoms with Gasteiger partial charge in [0.15, 0.2) is 5.82 Å². The largest absolute Gasteiger partial charge is 0.369 e. The van der Waals surface area contributed by atoms with Crippen molar-refractivity contribution in [2.75, 3.05) is 38.6 Å². The van der Waals surface area contributed by atoms with Gasteiger partial charge in [0.2, 0.25) is 0 Å². The fourth-order valence-corrected chi connectivity index (χ4v) is 2.38. The maximum atomic E-state index is 5.77. The number of hydrogen-bond acceptors (Lipinski definition) is 5. The predicted octanol–water partition coefficient (Wildman–Crippen LogP) is 1.82. The van der Waals surface area contributed by atoms with E-state index in [-0.39, 0.29) is 6.10 Å². The average Bonchev–Trinajstić information content (AvgIpc) is 2.35. The number of anilines is 1. The molecular formula is C12H19IN4O. The van der Waals surface area contributed by atoms with E-state index in [4.69, 9.17) is 4.74 Å². The van der Waals surface area contributed by atoms with Gasteiger partial charge in [-0.1, -0.05) is 0 Å². The van der Waals surface area contributed by atoms with Gasteiger partial charge in [0.25, 0.3) is 0 Å². The highest BCUT2D eigenvalue weighted by atomic mass is 127. The third-order valence-corrected chi connectivity index (χ3v) is 4.23. The third kappa shape index (κ3) is 3.10. The number of hydrogen-bond donors (Lipinski definition) is 1. The number of nitrogens with zero attached hydrogens (tertiary/aromatic N) is 3. The van der Waals surface area contributed by atoms with E-state index in [1.807, 2.05) is 6.92 Å². The summed E-state index contributed by atoms with van der Waals surface area (Å²) in [5, 5.41) is 3.28. The van der Waals surface area contributed by atoms with Crippen LogP contribution < -0.4 is 5.32 Å². The standard InChI is InChI=1S/C12H19IN4O/c1-4-14-12-10(13)8(2)15-11(16-12)9-7-17(3)5-6-18-9/h9H,4-7H2,1-3H3,(H,14,15,16). The SMILES string of the molecule is CCNc1nc(C2CN(C)CCO2)nc(C)c1I. The number of aromatic nitrogens is 2. The van der Waals surface area contributed by atoms with E-state index in [1.54, 1.807) is 0 Å². The summed E-state index contributed by atoms with van der Waals surface area (Å²) in [5.74, 6) is 1.70. The molecule has 1 aliphatic heterocycles. The number of aryl methyl sites for hydroxylation is 1. The summed E-state index contributed by atoms with van der Waals surface area (Å²) < 4.78 is 6.85. The van der Waals surface area contributed by atoms with Crippen molar-refractivity contribution in [1.82, 2.24) is 14.9 Å². The lowest BCUT2D eigenvalue weighted by Gasteiger charge is -2.29. The first-order valence-electron chi connectivity index (χ1n) is 6.20. The minimum absolute atomic E-state index is 0.0168. The first kappa shape index (κ1) is 14.0. The van der Waals surface area contributed by atoms with Crippen LogP contribution in [0.2, 0.25) is 0 Å². The van der Waals surface area contributed by atoms with E-state index in [9.17, 15) is 0 Å². The zero-order valence-corrected chi connectivity index (χ0v) is 13.2. The van der Waals surface area contributed by atoms with E-state index >= 15 is 0 Å². The molecule has 100 valence electrons. The molecule has 1 aromatic heterocycles. The molecule has 0 radical (unpaired) electrons. The zero-order valence-electron chi connectivity index (χ0n) is 11.0. The van der Waals surface area contributed by atoms with Crippen molar-refractivity contribution in [1.29, 1.82) is 0 Å². The number of likely N-dealkylation sites (N-methyl/N-ethyl adjacent to an activating group) is 1. The molecule has 0 saturated carbocycles. The molecule has 2 rings (SSSR count). The van der Waals surface area contributed by atoms with Crippen LogP contribution in [-0.2, 0) is 4.74 Å². The lowest BCUT2D eigenvalue weighted by Crippen LogP contribution is -2.36. The van der Waals surface area contributed by atoms with Crippen molar-refractivity contribution in [3.05, 3.63) is 15.1 Å². The van der Waals surface area contributed by atoms with Gasteiger partial charge in [0.05, 0.1) is 15.9 Å². The molecule has 18 heavy (non-hydrogen) atoms. The van der Waals surface area contributed by atoms with Crippen LogP contribution in [0.15, 0.2) is 0 Å². The van der Waals surface area contributed by atoms with Crippen LogP contribution in [0, 0.1) is 10.5 Å². The Morgan fingerprint density at radius 1 is 1.50 bits per heavy atom. The Labute approximate surface area is 121 Å². The fourth-order valence-electron chi connectivity index (χ4n) is 1.94. The van der Waals surface area contributed by atoms with Gasteiger partial charge in [-0.15, -0.1) is 0 Å². The summed E-state index contributed by atoms with van der Waals surface area (Å²) in [6.45, 7) is 7.51. The molecule has 0 aromatic carbocycles. The van der Waals surface area contributed by atoms with Gasteiger partial charge in [-0.25, -0.2) is 9.97 Å². The summed E-state index contributed by atoms with van der Waals surface area (Å²) in [5.41, 5.74) is 1.01. The minimum atomic E-state index is -0.0168. The Balaban J connectivity index is 2.27. The summed E-state index contributed by atoms with van der Waals surface area (Å²) in [6.07, 6.45) is -0.0168. The quantitative estimate of drug-likeness (QED) is 0.832. The topological polar surface area (TPSA) is 50.3 Å². The molecule has 0 spiro atoms. The zero-order chi connectivity index (χ0) is 13.1. The Morgan fingerprint density at radius 3 is 2.94 bits per heavy atom. The van der Waals surface area contributed by atoms with E-state index in [0.717, 1.165) is 47.1 Å². The highest BCUT2D eigenvalue weighted by molar-refractivity contribution is 14.1. The maximum Gasteiger partial charge on any atom is 0.161 e. The second kappa shape index (κ2) is 6.12. The molecule has 1 saturated heterocycles. The molecule has 6 heteroatoms. The molecule has 1 aliphatic rings. The third-order valence-electron chi connectivity index (χ3n) is 2.94. The van der Waals surface area contributed by atoms with Crippen molar-refractivity contribution < 1.29 is 4.74 Å². The van der Waals surface area contributed by atoms with Crippen molar-refractivity contribution in [3.63, 3.8) is 0 Å². The smallest absolute Gasteiger partial charge is 0.161 e. The van der Waals surface area contributed by atoms with Crippen LogP contribution >= 0.6 is 22.6 Å². The lowest BCUT2D eigenvalue weighted by atomic mass is 10.2. The average molecular weight is 362 g/mol. The summed E-state index contributed by atoms with van der Waals surface area (Å²) in [7, 11) is 2.10. The Hall–Kier alpha value is -0.470. The predicted molar refractivity (Wildman–Crippen MR) is 79.8 cm³/mol. The second-order valence-electron chi connectivity index (χ2n) is 4.48. The van der Waals surface area contributed by atoms with Crippen molar-refractivity contribution >= 4 is 28.4 Å². The van der Waals surface area contributed by atoms with Crippen LogP contribution in [0.3, 0.4) is 0 Å². The van der Waals surface area contributed by atoms with Gasteiger partial charge >= 0.3 is 0 Å². The normalized spacial score (nSPS) is 21.0. The van der Waals surface area contributed by atoms with E-state index in [0.29, 0.717) is 0 Å². The fraction of sp³-hybridized carbons (Fsp3) is 0.667. The highest BCUT2D eigenvalue weighted by Gasteiger charge is 2.23. The summed E-state index contributed by atoms with van der Waals surface area (Å²) >= 11 is 2.28. The molecule has 0 aliphatic carbocycles. The maximum absolute atomic E-state index is 5.77. The van der Waals surface area contributed by atoms with Crippen molar-refractivity contribution in [2.45, 2.75) is 20.0 Å². The first-order chi connectivity index (χ1) is 8.61. The number of ether oxygens (including phenoxy) is 1. The van der Waals surface area contributed by atoms with Crippen molar-refractivity contribution in [3.8, 4) is 0 Å². The molecule has 5 nitrogen and oxygen atoms in total. The number of morpholine rings is 1. The first-order valence-corrected chi connectivity index (χ1v) is 7.27. The van der Waals surface area contributed by atoms with E-state index < -0.39 is 0 Å². The van der Waals surface area contributed by atoms with Gasteiger partial charge in [0, 0.05) is 19.6 Å². The second-order valence-corrected chi connectivity index (χ2v) is 5.56. The molecule has 1 atom stereocenters. The van der Waals surface area contributed by atoms with Crippen LogP contribution in [0.25, 0.3) is 0 Å². The number of halogens is 1. The Kier molecular flexibility index (Phi) is 4.74. The Morgan fingerprint density at radius 2 is 2.28 bits per heavy atom. The molecule has 0 amide bonds. The van der Waals surface area contributed by atoms with E-state index in [1.165, 1.54) is 0 Å². The van der Waals surface area contributed by atoms with Gasteiger partial charge in [-0.05, 0) is 43.5 Å². The molecular weight excluding hydrogens is 343 g/mol. The Bertz CT molecular complexity index is 427. The lowest BCUT2D eigenvalue weighted by molar-refractivity contribution is -0.0255. The number of nitrogens with one attached hydrogen (secondary N) is 1. The molecule has 1 unspecified atom stereocenters. The van der Waals surface area contributed by atoms with E-state index in [2.05, 4.69) is 56.7 Å². The van der Waals surface area contributed by atoms with Crippen LogP contribution in [0.4, 0.5) is 5.82 Å². The monoisotopic (exact) mass is 362 g/mol. The van der Waals surface area contributed by atoms with Crippen LogP contribution in [0.5, 0.6) is 0 Å². The van der Waals surface area contributed by atoms with Crippen molar-refractivity contribution in [2.24, 2.45) is 0 Å².